The van der Waals surface area contributed by atoms with Gasteiger partial charge in [-0.05, 0) is 45.1 Å². The first-order valence-corrected chi connectivity index (χ1v) is 6.37. The highest BCUT2D eigenvalue weighted by Gasteiger charge is 1.98. The molecule has 2 heteroatoms. The summed E-state index contributed by atoms with van der Waals surface area (Å²) in [7, 11) is 2.18. The van der Waals surface area contributed by atoms with E-state index in [1.165, 1.54) is 12.0 Å². The SMILES string of the molecule is C=CCCNCCCN(C)Cc1ccccc1. The van der Waals surface area contributed by atoms with Crippen molar-refractivity contribution in [3.8, 4) is 0 Å². The highest BCUT2D eigenvalue weighted by molar-refractivity contribution is 5.14. The Labute approximate surface area is 105 Å². The van der Waals surface area contributed by atoms with Gasteiger partial charge in [0, 0.05) is 6.54 Å². The van der Waals surface area contributed by atoms with E-state index in [9.17, 15) is 0 Å². The first-order chi connectivity index (χ1) is 8.33. The van der Waals surface area contributed by atoms with Crippen molar-refractivity contribution in [1.82, 2.24) is 10.2 Å². The van der Waals surface area contributed by atoms with Crippen molar-refractivity contribution < 1.29 is 0 Å². The quantitative estimate of drug-likeness (QED) is 0.520. The number of nitrogens with one attached hydrogen (secondary N) is 1. The second-order valence-electron chi connectivity index (χ2n) is 4.40. The van der Waals surface area contributed by atoms with Crippen molar-refractivity contribution in [1.29, 1.82) is 0 Å². The van der Waals surface area contributed by atoms with Gasteiger partial charge in [-0.2, -0.15) is 0 Å². The van der Waals surface area contributed by atoms with Gasteiger partial charge in [-0.3, -0.25) is 0 Å². The van der Waals surface area contributed by atoms with Crippen LogP contribution in [0.5, 0.6) is 0 Å². The molecule has 2 nitrogen and oxygen atoms in total. The molecule has 1 N–H and O–H groups in total. The fraction of sp³-hybridized carbons (Fsp3) is 0.467. The van der Waals surface area contributed by atoms with Crippen LogP contribution < -0.4 is 5.32 Å². The van der Waals surface area contributed by atoms with Crippen LogP contribution >= 0.6 is 0 Å². The molecule has 0 aliphatic carbocycles. The fourth-order valence-corrected chi connectivity index (χ4v) is 1.78. The number of nitrogens with zero attached hydrogens (tertiary/aromatic N) is 1. The van der Waals surface area contributed by atoms with E-state index < -0.39 is 0 Å². The van der Waals surface area contributed by atoms with Crippen LogP contribution in [0.1, 0.15) is 18.4 Å². The standard InChI is InChI=1S/C15H24N2/c1-3-4-11-16-12-8-13-17(2)14-15-9-6-5-7-10-15/h3,5-7,9-10,16H,1,4,8,11-14H2,2H3. The Kier molecular flexibility index (Phi) is 7.35. The lowest BCUT2D eigenvalue weighted by molar-refractivity contribution is 0.320. The van der Waals surface area contributed by atoms with Crippen molar-refractivity contribution in [3.63, 3.8) is 0 Å². The molecular formula is C15H24N2. The molecule has 0 radical (unpaired) electrons. The van der Waals surface area contributed by atoms with E-state index in [0.717, 1.165) is 32.6 Å². The van der Waals surface area contributed by atoms with Crippen molar-refractivity contribution in [2.45, 2.75) is 19.4 Å². The second-order valence-corrected chi connectivity index (χ2v) is 4.40. The molecule has 0 heterocycles. The summed E-state index contributed by atoms with van der Waals surface area (Å²) < 4.78 is 0. The lowest BCUT2D eigenvalue weighted by Crippen LogP contribution is -2.24. The van der Waals surface area contributed by atoms with Crippen LogP contribution in [0, 0.1) is 0 Å². The molecule has 94 valence electrons. The molecule has 0 fully saturated rings. The zero-order valence-electron chi connectivity index (χ0n) is 10.9. The molecule has 0 aliphatic rings. The lowest BCUT2D eigenvalue weighted by atomic mass is 10.2. The Hall–Kier alpha value is -1.12. The molecule has 0 aromatic heterocycles. The first kappa shape index (κ1) is 13.9. The highest BCUT2D eigenvalue weighted by Crippen LogP contribution is 2.02. The third kappa shape index (κ3) is 6.93. The molecule has 1 aromatic carbocycles. The van der Waals surface area contributed by atoms with Crippen LogP contribution in [0.25, 0.3) is 0 Å². The molecule has 0 aliphatic heterocycles. The minimum Gasteiger partial charge on any atom is -0.316 e. The van der Waals surface area contributed by atoms with Gasteiger partial charge in [-0.15, -0.1) is 6.58 Å². The van der Waals surface area contributed by atoms with Crippen LogP contribution in [-0.4, -0.2) is 31.6 Å². The summed E-state index contributed by atoms with van der Waals surface area (Å²) in [5.41, 5.74) is 1.38. The molecule has 0 amide bonds. The smallest absolute Gasteiger partial charge is 0.0230 e. The minimum atomic E-state index is 1.04. The summed E-state index contributed by atoms with van der Waals surface area (Å²) in [4.78, 5) is 2.37. The zero-order chi connectivity index (χ0) is 12.3. The number of rotatable bonds is 9. The molecule has 0 saturated heterocycles. The van der Waals surface area contributed by atoms with Gasteiger partial charge in [0.1, 0.15) is 0 Å². The van der Waals surface area contributed by atoms with Crippen molar-refractivity contribution in [2.75, 3.05) is 26.7 Å². The molecule has 0 unspecified atom stereocenters. The predicted molar refractivity (Wildman–Crippen MR) is 75.1 cm³/mol. The molecular weight excluding hydrogens is 208 g/mol. The maximum absolute atomic E-state index is 3.71. The molecule has 1 rings (SSSR count). The van der Waals surface area contributed by atoms with Crippen LogP contribution in [0.3, 0.4) is 0 Å². The summed E-state index contributed by atoms with van der Waals surface area (Å²) in [5, 5.41) is 3.41. The summed E-state index contributed by atoms with van der Waals surface area (Å²) in [5.74, 6) is 0. The largest absolute Gasteiger partial charge is 0.316 e. The Morgan fingerprint density at radius 1 is 1.24 bits per heavy atom. The monoisotopic (exact) mass is 232 g/mol. The van der Waals surface area contributed by atoms with Crippen LogP contribution in [0.4, 0.5) is 0 Å². The third-order valence-electron chi connectivity index (χ3n) is 2.71. The Bertz CT molecular complexity index is 295. The Balaban J connectivity index is 2.05. The number of hydrogen-bond acceptors (Lipinski definition) is 2. The molecule has 1 aromatic rings. The first-order valence-electron chi connectivity index (χ1n) is 6.37. The van der Waals surface area contributed by atoms with Gasteiger partial charge in [0.25, 0.3) is 0 Å². The molecule has 0 atom stereocenters. The topological polar surface area (TPSA) is 15.3 Å². The van der Waals surface area contributed by atoms with E-state index in [1.54, 1.807) is 0 Å². The van der Waals surface area contributed by atoms with E-state index in [1.807, 2.05) is 6.08 Å². The average molecular weight is 232 g/mol. The van der Waals surface area contributed by atoms with Gasteiger partial charge >= 0.3 is 0 Å². The highest BCUT2D eigenvalue weighted by atomic mass is 15.1. The summed E-state index contributed by atoms with van der Waals surface area (Å²) in [6.45, 7) is 8.01. The van der Waals surface area contributed by atoms with Gasteiger partial charge in [0.2, 0.25) is 0 Å². The van der Waals surface area contributed by atoms with Gasteiger partial charge in [-0.25, -0.2) is 0 Å². The summed E-state index contributed by atoms with van der Waals surface area (Å²) in [6, 6.07) is 10.6. The van der Waals surface area contributed by atoms with E-state index in [4.69, 9.17) is 0 Å². The van der Waals surface area contributed by atoms with Crippen LogP contribution in [0.2, 0.25) is 0 Å². The molecule has 0 saturated carbocycles. The maximum atomic E-state index is 3.71. The van der Waals surface area contributed by atoms with Gasteiger partial charge in [0.15, 0.2) is 0 Å². The third-order valence-corrected chi connectivity index (χ3v) is 2.71. The van der Waals surface area contributed by atoms with E-state index in [0.29, 0.717) is 0 Å². The van der Waals surface area contributed by atoms with Crippen molar-refractivity contribution in [2.24, 2.45) is 0 Å². The summed E-state index contributed by atoms with van der Waals surface area (Å²) >= 11 is 0. The zero-order valence-corrected chi connectivity index (χ0v) is 10.9. The van der Waals surface area contributed by atoms with E-state index in [2.05, 4.69) is 54.2 Å². The van der Waals surface area contributed by atoms with Gasteiger partial charge in [0.05, 0.1) is 0 Å². The average Bonchev–Trinajstić information content (AvgIpc) is 2.35. The lowest BCUT2D eigenvalue weighted by Gasteiger charge is -2.16. The molecule has 0 bridgehead atoms. The van der Waals surface area contributed by atoms with Crippen molar-refractivity contribution >= 4 is 0 Å². The molecule has 17 heavy (non-hydrogen) atoms. The van der Waals surface area contributed by atoms with E-state index in [-0.39, 0.29) is 0 Å². The minimum absolute atomic E-state index is 1.04. The normalized spacial score (nSPS) is 10.7. The van der Waals surface area contributed by atoms with Crippen LogP contribution in [0.15, 0.2) is 43.0 Å². The van der Waals surface area contributed by atoms with Crippen LogP contribution in [-0.2, 0) is 6.54 Å². The second kappa shape index (κ2) is 8.97. The van der Waals surface area contributed by atoms with Crippen molar-refractivity contribution in [3.05, 3.63) is 48.6 Å². The van der Waals surface area contributed by atoms with Gasteiger partial charge < -0.3 is 10.2 Å². The van der Waals surface area contributed by atoms with Gasteiger partial charge in [-0.1, -0.05) is 36.4 Å². The van der Waals surface area contributed by atoms with E-state index >= 15 is 0 Å². The molecule has 0 spiro atoms. The fourth-order valence-electron chi connectivity index (χ4n) is 1.78. The Morgan fingerprint density at radius 2 is 2.00 bits per heavy atom. The number of benzene rings is 1. The Morgan fingerprint density at radius 3 is 2.71 bits per heavy atom. The predicted octanol–water partition coefficient (Wildman–Crippen LogP) is 2.67. The maximum Gasteiger partial charge on any atom is 0.0230 e. The summed E-state index contributed by atoms with van der Waals surface area (Å²) in [6.07, 6.45) is 4.20. The number of hydrogen-bond donors (Lipinski definition) is 1.